The lowest BCUT2D eigenvalue weighted by Gasteiger charge is -2.22. The van der Waals surface area contributed by atoms with Gasteiger partial charge in [-0.2, -0.15) is 0 Å². The Labute approximate surface area is 77.4 Å². The van der Waals surface area contributed by atoms with Gasteiger partial charge >= 0.3 is 5.97 Å². The van der Waals surface area contributed by atoms with Gasteiger partial charge < -0.3 is 15.6 Å². The molecule has 0 fully saturated rings. The standard InChI is InChI=1S/C9H15NO3/c1-6(9(11)12)13-8-4-2-7(10)3-5-8/h2,6,8H,3-5,10H2,1H3,(H,11,12). The van der Waals surface area contributed by atoms with Crippen LogP contribution in [0.2, 0.25) is 0 Å². The van der Waals surface area contributed by atoms with Gasteiger partial charge in [-0.05, 0) is 26.2 Å². The number of ether oxygens (including phenoxy) is 1. The topological polar surface area (TPSA) is 72.5 Å². The molecule has 1 rings (SSSR count). The summed E-state index contributed by atoms with van der Waals surface area (Å²) in [5, 5.41) is 8.60. The molecule has 2 unspecified atom stereocenters. The molecule has 0 bridgehead atoms. The minimum Gasteiger partial charge on any atom is -0.479 e. The molecule has 4 heteroatoms. The van der Waals surface area contributed by atoms with Gasteiger partial charge in [0.05, 0.1) is 6.10 Å². The summed E-state index contributed by atoms with van der Waals surface area (Å²) in [5.41, 5.74) is 6.45. The summed E-state index contributed by atoms with van der Waals surface area (Å²) >= 11 is 0. The van der Waals surface area contributed by atoms with Crippen LogP contribution in [0, 0.1) is 0 Å². The monoisotopic (exact) mass is 185 g/mol. The van der Waals surface area contributed by atoms with Gasteiger partial charge in [-0.1, -0.05) is 6.08 Å². The molecule has 0 heterocycles. The van der Waals surface area contributed by atoms with Crippen molar-refractivity contribution in [3.8, 4) is 0 Å². The van der Waals surface area contributed by atoms with Gasteiger partial charge in [-0.15, -0.1) is 0 Å². The van der Waals surface area contributed by atoms with Crippen molar-refractivity contribution in [2.24, 2.45) is 5.73 Å². The maximum Gasteiger partial charge on any atom is 0.332 e. The normalized spacial score (nSPS) is 25.0. The zero-order valence-electron chi connectivity index (χ0n) is 7.69. The minimum absolute atomic E-state index is 0.0124. The molecule has 3 N–H and O–H groups in total. The third-order valence-corrected chi connectivity index (χ3v) is 2.14. The van der Waals surface area contributed by atoms with Gasteiger partial charge in [-0.25, -0.2) is 4.79 Å². The molecule has 0 amide bonds. The second-order valence-electron chi connectivity index (χ2n) is 3.29. The Morgan fingerprint density at radius 1 is 1.85 bits per heavy atom. The number of allylic oxidation sites excluding steroid dienone is 1. The summed E-state index contributed by atoms with van der Waals surface area (Å²) < 4.78 is 5.30. The molecule has 74 valence electrons. The van der Waals surface area contributed by atoms with E-state index < -0.39 is 12.1 Å². The molecule has 1 aliphatic rings. The number of hydrogen-bond acceptors (Lipinski definition) is 3. The van der Waals surface area contributed by atoms with Gasteiger partial charge in [0.25, 0.3) is 0 Å². The molecule has 0 saturated carbocycles. The quantitative estimate of drug-likeness (QED) is 0.684. The van der Waals surface area contributed by atoms with Gasteiger partial charge in [0.2, 0.25) is 0 Å². The fourth-order valence-electron chi connectivity index (χ4n) is 1.30. The third-order valence-electron chi connectivity index (χ3n) is 2.14. The fraction of sp³-hybridized carbons (Fsp3) is 0.667. The number of carbonyl (C=O) groups is 1. The Balaban J connectivity index is 2.35. The van der Waals surface area contributed by atoms with E-state index in [0.29, 0.717) is 0 Å². The van der Waals surface area contributed by atoms with Gasteiger partial charge in [0.1, 0.15) is 0 Å². The van der Waals surface area contributed by atoms with Crippen LogP contribution >= 0.6 is 0 Å². The minimum atomic E-state index is -0.914. The zero-order chi connectivity index (χ0) is 9.84. The van der Waals surface area contributed by atoms with Crippen molar-refractivity contribution in [1.82, 2.24) is 0 Å². The molecule has 0 radical (unpaired) electrons. The van der Waals surface area contributed by atoms with Crippen LogP contribution < -0.4 is 5.73 Å². The van der Waals surface area contributed by atoms with Crippen LogP contribution in [0.4, 0.5) is 0 Å². The van der Waals surface area contributed by atoms with Gasteiger partial charge in [-0.3, -0.25) is 0 Å². The van der Waals surface area contributed by atoms with Crippen LogP contribution in [0.5, 0.6) is 0 Å². The predicted molar refractivity (Wildman–Crippen MR) is 48.1 cm³/mol. The molecular weight excluding hydrogens is 170 g/mol. The van der Waals surface area contributed by atoms with E-state index in [2.05, 4.69) is 0 Å². The summed E-state index contributed by atoms with van der Waals surface area (Å²) in [6.45, 7) is 1.55. The summed E-state index contributed by atoms with van der Waals surface area (Å²) in [5.74, 6) is -0.914. The highest BCUT2D eigenvalue weighted by atomic mass is 16.5. The molecule has 0 aliphatic heterocycles. The number of aliphatic carboxylic acids is 1. The van der Waals surface area contributed by atoms with Crippen LogP contribution in [-0.2, 0) is 9.53 Å². The molecule has 0 aromatic rings. The molecular formula is C9H15NO3. The van der Waals surface area contributed by atoms with Gasteiger partial charge in [0, 0.05) is 5.70 Å². The van der Waals surface area contributed by atoms with E-state index >= 15 is 0 Å². The lowest BCUT2D eigenvalue weighted by atomic mass is 10.0. The van der Waals surface area contributed by atoms with E-state index in [1.165, 1.54) is 0 Å². The molecule has 0 aromatic carbocycles. The number of rotatable bonds is 3. The van der Waals surface area contributed by atoms with E-state index in [-0.39, 0.29) is 6.10 Å². The lowest BCUT2D eigenvalue weighted by molar-refractivity contribution is -0.153. The maximum atomic E-state index is 10.5. The first-order valence-electron chi connectivity index (χ1n) is 4.42. The fourth-order valence-corrected chi connectivity index (χ4v) is 1.30. The van der Waals surface area contributed by atoms with Crippen LogP contribution in [-0.4, -0.2) is 23.3 Å². The van der Waals surface area contributed by atoms with E-state index in [9.17, 15) is 4.79 Å². The Hall–Kier alpha value is -1.03. The molecule has 4 nitrogen and oxygen atoms in total. The highest BCUT2D eigenvalue weighted by Crippen LogP contribution is 2.18. The number of carboxylic acids is 1. The summed E-state index contributed by atoms with van der Waals surface area (Å²) in [6.07, 6.45) is 3.54. The van der Waals surface area contributed by atoms with Crippen molar-refractivity contribution in [2.45, 2.75) is 38.4 Å². The lowest BCUT2D eigenvalue weighted by Crippen LogP contribution is -2.28. The van der Waals surface area contributed by atoms with Crippen LogP contribution in [0.15, 0.2) is 11.8 Å². The second-order valence-corrected chi connectivity index (χ2v) is 3.29. The third kappa shape index (κ3) is 3.06. The molecule has 0 saturated heterocycles. The summed E-state index contributed by atoms with van der Waals surface area (Å²) in [7, 11) is 0. The summed E-state index contributed by atoms with van der Waals surface area (Å²) in [4.78, 5) is 10.5. The Kier molecular flexibility index (Phi) is 3.31. The largest absolute Gasteiger partial charge is 0.479 e. The van der Waals surface area contributed by atoms with Crippen LogP contribution in [0.1, 0.15) is 26.2 Å². The van der Waals surface area contributed by atoms with Crippen molar-refractivity contribution < 1.29 is 14.6 Å². The Morgan fingerprint density at radius 2 is 2.54 bits per heavy atom. The van der Waals surface area contributed by atoms with E-state index in [1.807, 2.05) is 6.08 Å². The average Bonchev–Trinajstić information content (AvgIpc) is 2.08. The highest BCUT2D eigenvalue weighted by Gasteiger charge is 2.19. The summed E-state index contributed by atoms with van der Waals surface area (Å²) in [6, 6.07) is 0. The molecule has 2 atom stereocenters. The SMILES string of the molecule is CC(OC1CC=C(N)CC1)C(=O)O. The Bertz CT molecular complexity index is 225. The van der Waals surface area contributed by atoms with Crippen molar-refractivity contribution in [3.63, 3.8) is 0 Å². The average molecular weight is 185 g/mol. The molecule has 0 spiro atoms. The molecule has 13 heavy (non-hydrogen) atoms. The van der Waals surface area contributed by atoms with E-state index in [0.717, 1.165) is 25.0 Å². The zero-order valence-corrected chi connectivity index (χ0v) is 7.69. The Morgan fingerprint density at radius 3 is 3.00 bits per heavy atom. The van der Waals surface area contributed by atoms with Crippen LogP contribution in [0.3, 0.4) is 0 Å². The first kappa shape index (κ1) is 10.1. The van der Waals surface area contributed by atoms with E-state index in [1.54, 1.807) is 6.92 Å². The van der Waals surface area contributed by atoms with E-state index in [4.69, 9.17) is 15.6 Å². The smallest absolute Gasteiger partial charge is 0.332 e. The van der Waals surface area contributed by atoms with Crippen molar-refractivity contribution >= 4 is 5.97 Å². The number of carboxylic acid groups (broad SMARTS) is 1. The van der Waals surface area contributed by atoms with Crippen molar-refractivity contribution in [1.29, 1.82) is 0 Å². The second kappa shape index (κ2) is 4.28. The predicted octanol–water partition coefficient (Wildman–Crippen LogP) is 0.871. The van der Waals surface area contributed by atoms with Crippen LogP contribution in [0.25, 0.3) is 0 Å². The molecule has 1 aliphatic carbocycles. The number of hydrogen-bond donors (Lipinski definition) is 2. The van der Waals surface area contributed by atoms with Crippen molar-refractivity contribution in [2.75, 3.05) is 0 Å². The highest BCUT2D eigenvalue weighted by molar-refractivity contribution is 5.71. The maximum absolute atomic E-state index is 10.5. The first-order valence-corrected chi connectivity index (χ1v) is 4.42. The van der Waals surface area contributed by atoms with Gasteiger partial charge in [0.15, 0.2) is 6.10 Å². The van der Waals surface area contributed by atoms with Crippen molar-refractivity contribution in [3.05, 3.63) is 11.8 Å². The molecule has 0 aromatic heterocycles. The first-order chi connectivity index (χ1) is 6.09. The number of nitrogens with two attached hydrogens (primary N) is 1.